The second kappa shape index (κ2) is 25.0. The van der Waals surface area contributed by atoms with Gasteiger partial charge in [-0.15, -0.1) is 0 Å². The summed E-state index contributed by atoms with van der Waals surface area (Å²) in [5, 5.41) is 9.12. The summed E-state index contributed by atoms with van der Waals surface area (Å²) in [5.74, 6) is 0. The molecule has 16 rings (SSSR count). The summed E-state index contributed by atoms with van der Waals surface area (Å²) in [4.78, 5) is 7.50. The fourth-order valence-corrected chi connectivity index (χ4v) is 16.2. The standard InChI is InChI=1S/C98H91N3O/c1-14-25-64-38-40-71(41-39-64)98(72-50-60-75(61-51-72)99(73-52-42-67(43-53-73)94(2,3)4)74-54-44-68(45-55-74)95(5,6)7)83-62-87(100(76-56-46-69(47-57-76)96(8,9)10)85-35-23-28-65-26-15-17-30-78(65)85)80-32-19-20-33-81(80)90(83)92-84(98)63-88(93-91(92)82-34-21-22-37-89(82)102-93)101(77-58-48-70(49-59-77)97(11,12)13)86-36-24-29-66-27-16-18-31-79(66)86/h15-24,26-63H,14,25H2,1-13H3. The highest BCUT2D eigenvalue weighted by Crippen LogP contribution is 2.64. The van der Waals surface area contributed by atoms with Crippen molar-refractivity contribution in [2.24, 2.45) is 0 Å². The molecule has 1 unspecified atom stereocenters. The fourth-order valence-electron chi connectivity index (χ4n) is 16.2. The molecule has 0 N–H and O–H groups in total. The highest BCUT2D eigenvalue weighted by Gasteiger charge is 2.50. The molecule has 0 saturated heterocycles. The van der Waals surface area contributed by atoms with Crippen molar-refractivity contribution in [3.8, 4) is 11.1 Å². The molecule has 0 aliphatic heterocycles. The lowest BCUT2D eigenvalue weighted by atomic mass is 9.67. The van der Waals surface area contributed by atoms with Crippen LogP contribution >= 0.6 is 0 Å². The van der Waals surface area contributed by atoms with Gasteiger partial charge in [0.05, 0.1) is 28.2 Å². The highest BCUT2D eigenvalue weighted by molar-refractivity contribution is 6.24. The van der Waals surface area contributed by atoms with Gasteiger partial charge in [0.1, 0.15) is 5.58 Å². The van der Waals surface area contributed by atoms with E-state index >= 15 is 0 Å². The Balaban J connectivity index is 1.07. The average molecular weight is 1330 g/mol. The number of hydrogen-bond donors (Lipinski definition) is 0. The van der Waals surface area contributed by atoms with Crippen LogP contribution in [-0.2, 0) is 33.5 Å². The van der Waals surface area contributed by atoms with E-state index in [0.717, 1.165) is 113 Å². The maximum absolute atomic E-state index is 7.65. The van der Waals surface area contributed by atoms with Crippen molar-refractivity contribution in [2.45, 2.75) is 130 Å². The van der Waals surface area contributed by atoms with Crippen LogP contribution < -0.4 is 14.7 Å². The van der Waals surface area contributed by atoms with Crippen molar-refractivity contribution in [1.29, 1.82) is 0 Å². The second-order valence-corrected chi connectivity index (χ2v) is 32.4. The Kier molecular flexibility index (Phi) is 16.1. The topological polar surface area (TPSA) is 22.9 Å². The SMILES string of the molecule is CCCc1ccc(C2(c3ccc(N(c4ccc(C(C)(C)C)cc4)c4ccc(C(C)(C)C)cc4)cc3)c3cc(N(c4ccc(C(C)(C)C)cc4)c4cccc5ccccc45)c4ccccc4c3-c3c2cc(N(c2ccc(C(C)(C)C)cc2)c2cccc4ccccc24)c2oc4ccccc4c32)cc1. The molecule has 0 radical (unpaired) electrons. The molecule has 1 aliphatic rings. The first-order valence-corrected chi connectivity index (χ1v) is 36.6. The van der Waals surface area contributed by atoms with E-state index in [1.165, 1.54) is 66.4 Å². The minimum atomic E-state index is -0.984. The number of aryl methyl sites for hydroxylation is 1. The van der Waals surface area contributed by atoms with Crippen LogP contribution in [0.4, 0.5) is 51.2 Å². The number of furan rings is 1. The van der Waals surface area contributed by atoms with Crippen LogP contribution in [0, 0.1) is 0 Å². The molecule has 0 spiro atoms. The van der Waals surface area contributed by atoms with Crippen molar-refractivity contribution < 1.29 is 4.42 Å². The molecule has 1 atom stereocenters. The molecule has 0 fully saturated rings. The van der Waals surface area contributed by atoms with Gasteiger partial charge < -0.3 is 19.1 Å². The number of nitrogens with zero attached hydrogens (tertiary/aromatic N) is 3. The molecular weight excluding hydrogens is 1240 g/mol. The zero-order valence-corrected chi connectivity index (χ0v) is 61.4. The van der Waals surface area contributed by atoms with Gasteiger partial charge in [-0.3, -0.25) is 0 Å². The van der Waals surface area contributed by atoms with Gasteiger partial charge in [-0.2, -0.15) is 0 Å². The summed E-state index contributed by atoms with van der Waals surface area (Å²) in [6, 6.07) is 111. The molecule has 15 aromatic rings. The molecule has 1 heterocycles. The van der Waals surface area contributed by atoms with Crippen LogP contribution in [0.3, 0.4) is 0 Å². The summed E-state index contributed by atoms with van der Waals surface area (Å²) >= 11 is 0. The minimum Gasteiger partial charge on any atom is -0.454 e. The molecule has 102 heavy (non-hydrogen) atoms. The number of para-hydroxylation sites is 1. The van der Waals surface area contributed by atoms with Gasteiger partial charge >= 0.3 is 0 Å². The normalized spacial score (nSPS) is 14.0. The van der Waals surface area contributed by atoms with Gasteiger partial charge in [0.2, 0.25) is 0 Å². The lowest BCUT2D eigenvalue weighted by Gasteiger charge is -2.37. The Hall–Kier alpha value is -10.9. The monoisotopic (exact) mass is 1330 g/mol. The van der Waals surface area contributed by atoms with Gasteiger partial charge in [0.25, 0.3) is 0 Å². The van der Waals surface area contributed by atoms with E-state index in [-0.39, 0.29) is 21.7 Å². The third-order valence-electron chi connectivity index (χ3n) is 21.7. The maximum atomic E-state index is 7.65. The molecule has 1 aromatic heterocycles. The Morgan fingerprint density at radius 3 is 1.11 bits per heavy atom. The summed E-state index contributed by atoms with van der Waals surface area (Å²) in [5.41, 5.74) is 23.7. The number of rotatable bonds is 13. The van der Waals surface area contributed by atoms with Crippen molar-refractivity contribution in [1.82, 2.24) is 0 Å². The van der Waals surface area contributed by atoms with Crippen LogP contribution in [0.5, 0.6) is 0 Å². The van der Waals surface area contributed by atoms with Crippen LogP contribution in [0.1, 0.15) is 147 Å². The summed E-state index contributed by atoms with van der Waals surface area (Å²) < 4.78 is 7.65. The summed E-state index contributed by atoms with van der Waals surface area (Å²) in [6.45, 7) is 29.9. The minimum absolute atomic E-state index is 0.0126. The van der Waals surface area contributed by atoms with Gasteiger partial charge in [0.15, 0.2) is 5.58 Å². The van der Waals surface area contributed by atoms with Gasteiger partial charge in [-0.1, -0.05) is 297 Å². The van der Waals surface area contributed by atoms with Gasteiger partial charge in [0, 0.05) is 55.4 Å². The maximum Gasteiger partial charge on any atom is 0.160 e. The van der Waals surface area contributed by atoms with Crippen LogP contribution in [-0.4, -0.2) is 0 Å². The molecule has 504 valence electrons. The molecule has 0 saturated carbocycles. The van der Waals surface area contributed by atoms with Crippen molar-refractivity contribution >= 4 is 105 Å². The van der Waals surface area contributed by atoms with E-state index in [4.69, 9.17) is 4.42 Å². The first-order chi connectivity index (χ1) is 49.1. The molecule has 4 heteroatoms. The second-order valence-electron chi connectivity index (χ2n) is 32.4. The Morgan fingerprint density at radius 1 is 0.304 bits per heavy atom. The summed E-state index contributed by atoms with van der Waals surface area (Å²) in [6.07, 6.45) is 2.01. The molecule has 4 nitrogen and oxygen atoms in total. The molecule has 1 aliphatic carbocycles. The lowest BCUT2D eigenvalue weighted by molar-refractivity contribution is 0.590. The van der Waals surface area contributed by atoms with Crippen LogP contribution in [0.2, 0.25) is 0 Å². The zero-order valence-electron chi connectivity index (χ0n) is 61.4. The van der Waals surface area contributed by atoms with Gasteiger partial charge in [-0.05, 0) is 196 Å². The molecule has 14 aromatic carbocycles. The number of hydrogen-bond acceptors (Lipinski definition) is 4. The zero-order chi connectivity index (χ0) is 70.6. The third-order valence-corrected chi connectivity index (χ3v) is 21.7. The first kappa shape index (κ1) is 65.7. The first-order valence-electron chi connectivity index (χ1n) is 36.6. The highest BCUT2D eigenvalue weighted by atomic mass is 16.3. The smallest absolute Gasteiger partial charge is 0.160 e. The van der Waals surface area contributed by atoms with Crippen molar-refractivity contribution in [3.63, 3.8) is 0 Å². The number of anilines is 9. The third kappa shape index (κ3) is 11.2. The Morgan fingerprint density at radius 2 is 0.657 bits per heavy atom. The van der Waals surface area contributed by atoms with Gasteiger partial charge in [-0.25, -0.2) is 0 Å². The van der Waals surface area contributed by atoms with E-state index in [1.807, 2.05) is 0 Å². The van der Waals surface area contributed by atoms with Crippen LogP contribution in [0.25, 0.3) is 65.4 Å². The van der Waals surface area contributed by atoms with E-state index in [9.17, 15) is 0 Å². The molecule has 0 bridgehead atoms. The fraction of sp³-hybridized carbons (Fsp3) is 0.204. The van der Waals surface area contributed by atoms with Crippen molar-refractivity contribution in [3.05, 3.63) is 341 Å². The average Bonchev–Trinajstić information content (AvgIpc) is 1.50. The van der Waals surface area contributed by atoms with E-state index < -0.39 is 5.41 Å². The number of benzene rings is 14. The quantitative estimate of drug-likeness (QED) is 0.115. The molecule has 0 amide bonds. The largest absolute Gasteiger partial charge is 0.454 e. The lowest BCUT2D eigenvalue weighted by Crippen LogP contribution is -2.29. The van der Waals surface area contributed by atoms with Crippen LogP contribution in [0.15, 0.2) is 296 Å². The molecular formula is C98H91N3O. The predicted octanol–water partition coefficient (Wildman–Crippen LogP) is 28.0. The Bertz CT molecular complexity index is 5590. The van der Waals surface area contributed by atoms with E-state index in [1.54, 1.807) is 0 Å². The summed E-state index contributed by atoms with van der Waals surface area (Å²) in [7, 11) is 0. The van der Waals surface area contributed by atoms with E-state index in [2.05, 4.69) is 396 Å². The van der Waals surface area contributed by atoms with E-state index in [0.29, 0.717) is 0 Å². The Labute approximate surface area is 603 Å². The van der Waals surface area contributed by atoms with Crippen molar-refractivity contribution in [2.75, 3.05) is 14.7 Å². The number of fused-ring (bicyclic) bond motifs is 11. The predicted molar refractivity (Wildman–Crippen MR) is 436 cm³/mol.